The number of nitrogen functional groups attached to an aromatic ring is 1. The van der Waals surface area contributed by atoms with Crippen molar-refractivity contribution in [2.75, 3.05) is 12.8 Å². The van der Waals surface area contributed by atoms with Gasteiger partial charge in [0.1, 0.15) is 5.75 Å². The Labute approximate surface area is 130 Å². The summed E-state index contributed by atoms with van der Waals surface area (Å²) in [6.45, 7) is 0. The van der Waals surface area contributed by atoms with Gasteiger partial charge in [-0.3, -0.25) is 4.98 Å². The highest BCUT2D eigenvalue weighted by molar-refractivity contribution is 5.77. The van der Waals surface area contributed by atoms with Gasteiger partial charge in [0.25, 0.3) is 0 Å². The van der Waals surface area contributed by atoms with E-state index < -0.39 is 0 Å². The second-order valence-corrected chi connectivity index (χ2v) is 5.15. The minimum absolute atomic E-state index is 0.762. The zero-order chi connectivity index (χ0) is 15.4. The van der Waals surface area contributed by atoms with Gasteiger partial charge in [-0.25, -0.2) is 0 Å². The Bertz CT molecular complexity index is 769. The Balaban J connectivity index is 1.96. The predicted molar refractivity (Wildman–Crippen MR) is 89.9 cm³/mol. The SMILES string of the molecule is COc1cccc(-c2cc(Cc3ccccn3)ccc2N)c1. The third kappa shape index (κ3) is 3.09. The van der Waals surface area contributed by atoms with E-state index in [0.29, 0.717) is 0 Å². The summed E-state index contributed by atoms with van der Waals surface area (Å²) in [5, 5.41) is 0. The maximum atomic E-state index is 6.15. The summed E-state index contributed by atoms with van der Waals surface area (Å²) >= 11 is 0. The number of nitrogens with two attached hydrogens (primary N) is 1. The Kier molecular flexibility index (Phi) is 4.05. The molecule has 0 bridgehead atoms. The second-order valence-electron chi connectivity index (χ2n) is 5.15. The molecule has 0 saturated carbocycles. The van der Waals surface area contributed by atoms with Crippen LogP contribution in [0.5, 0.6) is 5.75 Å². The quantitative estimate of drug-likeness (QED) is 0.741. The lowest BCUT2D eigenvalue weighted by Crippen LogP contribution is -1.95. The van der Waals surface area contributed by atoms with Crippen molar-refractivity contribution in [1.82, 2.24) is 4.98 Å². The molecule has 1 aromatic heterocycles. The molecule has 0 radical (unpaired) electrons. The summed E-state index contributed by atoms with van der Waals surface area (Å²) in [4.78, 5) is 4.37. The molecule has 2 N–H and O–H groups in total. The van der Waals surface area contributed by atoms with Gasteiger partial charge in [0.15, 0.2) is 0 Å². The van der Waals surface area contributed by atoms with E-state index in [9.17, 15) is 0 Å². The summed E-state index contributed by atoms with van der Waals surface area (Å²) in [6.07, 6.45) is 2.60. The third-order valence-electron chi connectivity index (χ3n) is 3.61. The molecular formula is C19H18N2O. The first-order valence-electron chi connectivity index (χ1n) is 7.19. The topological polar surface area (TPSA) is 48.1 Å². The largest absolute Gasteiger partial charge is 0.497 e. The summed E-state index contributed by atoms with van der Waals surface area (Å²) < 4.78 is 5.29. The summed E-state index contributed by atoms with van der Waals surface area (Å²) in [5.74, 6) is 0.826. The molecule has 0 unspecified atom stereocenters. The van der Waals surface area contributed by atoms with Crippen molar-refractivity contribution in [1.29, 1.82) is 0 Å². The number of nitrogens with zero attached hydrogens (tertiary/aromatic N) is 1. The van der Waals surface area contributed by atoms with Gasteiger partial charge < -0.3 is 10.5 Å². The van der Waals surface area contributed by atoms with Gasteiger partial charge in [0, 0.05) is 29.6 Å². The molecule has 0 atom stereocenters. The standard InChI is InChI=1S/C19H18N2O/c1-22-17-7-4-5-15(13-17)18-12-14(8-9-19(18)20)11-16-6-2-3-10-21-16/h2-10,12-13H,11,20H2,1H3. The van der Waals surface area contributed by atoms with Crippen LogP contribution in [-0.2, 0) is 6.42 Å². The number of rotatable bonds is 4. The highest BCUT2D eigenvalue weighted by atomic mass is 16.5. The molecule has 110 valence electrons. The van der Waals surface area contributed by atoms with Crippen LogP contribution in [0, 0.1) is 0 Å². The van der Waals surface area contributed by atoms with Crippen molar-refractivity contribution in [3.8, 4) is 16.9 Å². The van der Waals surface area contributed by atoms with Crippen LogP contribution in [0.15, 0.2) is 66.9 Å². The molecule has 2 aromatic carbocycles. The number of aromatic nitrogens is 1. The molecule has 3 rings (SSSR count). The second kappa shape index (κ2) is 6.31. The van der Waals surface area contributed by atoms with Crippen molar-refractivity contribution in [2.24, 2.45) is 0 Å². The van der Waals surface area contributed by atoms with Gasteiger partial charge in [0.05, 0.1) is 7.11 Å². The maximum Gasteiger partial charge on any atom is 0.119 e. The number of ether oxygens (including phenoxy) is 1. The van der Waals surface area contributed by atoms with E-state index in [1.165, 1.54) is 5.56 Å². The van der Waals surface area contributed by atoms with Gasteiger partial charge in [-0.1, -0.05) is 24.3 Å². The minimum atomic E-state index is 0.762. The molecule has 0 aliphatic rings. The van der Waals surface area contributed by atoms with E-state index in [0.717, 1.165) is 34.7 Å². The summed E-state index contributed by atoms with van der Waals surface area (Å²) in [5.41, 5.74) is 11.2. The molecule has 3 aromatic rings. The fraction of sp³-hybridized carbons (Fsp3) is 0.105. The van der Waals surface area contributed by atoms with E-state index in [-0.39, 0.29) is 0 Å². The molecule has 0 spiro atoms. The van der Waals surface area contributed by atoms with E-state index in [2.05, 4.69) is 11.1 Å². The lowest BCUT2D eigenvalue weighted by molar-refractivity contribution is 0.415. The van der Waals surface area contributed by atoms with Crippen LogP contribution in [0.25, 0.3) is 11.1 Å². The third-order valence-corrected chi connectivity index (χ3v) is 3.61. The van der Waals surface area contributed by atoms with Crippen LogP contribution in [0.2, 0.25) is 0 Å². The van der Waals surface area contributed by atoms with E-state index in [4.69, 9.17) is 10.5 Å². The van der Waals surface area contributed by atoms with E-state index >= 15 is 0 Å². The Morgan fingerprint density at radius 3 is 2.68 bits per heavy atom. The number of methoxy groups -OCH3 is 1. The van der Waals surface area contributed by atoms with E-state index in [1.54, 1.807) is 7.11 Å². The zero-order valence-corrected chi connectivity index (χ0v) is 12.5. The van der Waals surface area contributed by atoms with Crippen molar-refractivity contribution >= 4 is 5.69 Å². The van der Waals surface area contributed by atoms with Crippen molar-refractivity contribution in [3.63, 3.8) is 0 Å². The molecular weight excluding hydrogens is 272 g/mol. The number of benzene rings is 2. The van der Waals surface area contributed by atoms with Gasteiger partial charge in [-0.15, -0.1) is 0 Å². The fourth-order valence-corrected chi connectivity index (χ4v) is 2.47. The smallest absolute Gasteiger partial charge is 0.119 e. The minimum Gasteiger partial charge on any atom is -0.497 e. The van der Waals surface area contributed by atoms with Crippen molar-refractivity contribution < 1.29 is 4.74 Å². The van der Waals surface area contributed by atoms with E-state index in [1.807, 2.05) is 60.8 Å². The number of hydrogen-bond donors (Lipinski definition) is 1. The first kappa shape index (κ1) is 14.1. The fourth-order valence-electron chi connectivity index (χ4n) is 2.47. The molecule has 0 amide bonds. The van der Waals surface area contributed by atoms with Crippen molar-refractivity contribution in [3.05, 3.63) is 78.1 Å². The number of hydrogen-bond acceptors (Lipinski definition) is 3. The number of anilines is 1. The molecule has 3 heteroatoms. The molecule has 0 aliphatic heterocycles. The van der Waals surface area contributed by atoms with Crippen LogP contribution in [-0.4, -0.2) is 12.1 Å². The number of pyridine rings is 1. The molecule has 0 fully saturated rings. The summed E-state index contributed by atoms with van der Waals surface area (Å²) in [6, 6.07) is 20.0. The molecule has 1 heterocycles. The van der Waals surface area contributed by atoms with Gasteiger partial charge in [0.2, 0.25) is 0 Å². The zero-order valence-electron chi connectivity index (χ0n) is 12.5. The Morgan fingerprint density at radius 1 is 1.00 bits per heavy atom. The van der Waals surface area contributed by atoms with Crippen LogP contribution >= 0.6 is 0 Å². The van der Waals surface area contributed by atoms with Crippen molar-refractivity contribution in [2.45, 2.75) is 6.42 Å². The predicted octanol–water partition coefficient (Wildman–Crippen LogP) is 3.93. The van der Waals surface area contributed by atoms with Gasteiger partial charge in [-0.2, -0.15) is 0 Å². The first-order valence-corrected chi connectivity index (χ1v) is 7.19. The Morgan fingerprint density at radius 2 is 1.91 bits per heavy atom. The van der Waals surface area contributed by atoms with Gasteiger partial charge in [-0.05, 0) is 47.5 Å². The normalized spacial score (nSPS) is 10.4. The van der Waals surface area contributed by atoms with Crippen LogP contribution < -0.4 is 10.5 Å². The van der Waals surface area contributed by atoms with Crippen LogP contribution in [0.3, 0.4) is 0 Å². The molecule has 0 aliphatic carbocycles. The highest BCUT2D eigenvalue weighted by Crippen LogP contribution is 2.30. The lowest BCUT2D eigenvalue weighted by atomic mass is 9.99. The average Bonchev–Trinajstić information content (AvgIpc) is 2.57. The lowest BCUT2D eigenvalue weighted by Gasteiger charge is -2.10. The highest BCUT2D eigenvalue weighted by Gasteiger charge is 2.06. The molecule has 3 nitrogen and oxygen atoms in total. The maximum absolute atomic E-state index is 6.15. The van der Waals surface area contributed by atoms with Crippen LogP contribution in [0.1, 0.15) is 11.3 Å². The Hall–Kier alpha value is -2.81. The summed E-state index contributed by atoms with van der Waals surface area (Å²) in [7, 11) is 1.67. The van der Waals surface area contributed by atoms with Gasteiger partial charge >= 0.3 is 0 Å². The average molecular weight is 290 g/mol. The molecule has 0 saturated heterocycles. The monoisotopic (exact) mass is 290 g/mol. The first-order chi connectivity index (χ1) is 10.8. The molecule has 22 heavy (non-hydrogen) atoms. The van der Waals surface area contributed by atoms with Crippen LogP contribution in [0.4, 0.5) is 5.69 Å².